The van der Waals surface area contributed by atoms with Gasteiger partial charge in [0.2, 0.25) is 0 Å². The number of benzene rings is 1. The Labute approximate surface area is 141 Å². The molecule has 5 nitrogen and oxygen atoms in total. The van der Waals surface area contributed by atoms with E-state index in [2.05, 4.69) is 5.32 Å². The van der Waals surface area contributed by atoms with Crippen LogP contribution in [0.15, 0.2) is 24.3 Å². The van der Waals surface area contributed by atoms with Crippen LogP contribution in [-0.4, -0.2) is 29.1 Å². The van der Waals surface area contributed by atoms with Gasteiger partial charge in [0.05, 0.1) is 5.92 Å². The highest BCUT2D eigenvalue weighted by atomic mass is 19.1. The normalized spacial score (nSPS) is 22.2. The van der Waals surface area contributed by atoms with E-state index in [-0.39, 0.29) is 11.7 Å². The lowest BCUT2D eigenvalue weighted by Crippen LogP contribution is -2.48. The number of halogens is 1. The van der Waals surface area contributed by atoms with Crippen molar-refractivity contribution in [2.24, 2.45) is 5.92 Å². The highest BCUT2D eigenvalue weighted by Gasteiger charge is 2.32. The van der Waals surface area contributed by atoms with Crippen molar-refractivity contribution < 1.29 is 23.8 Å². The molecule has 1 aromatic carbocycles. The highest BCUT2D eigenvalue weighted by molar-refractivity contribution is 5.82. The zero-order chi connectivity index (χ0) is 17.5. The van der Waals surface area contributed by atoms with Crippen molar-refractivity contribution in [3.63, 3.8) is 0 Å². The number of carbonyl (C=O) groups excluding carboxylic acids is 1. The number of nitrogens with one attached hydrogen (secondary N) is 1. The van der Waals surface area contributed by atoms with Crippen molar-refractivity contribution in [2.75, 3.05) is 0 Å². The van der Waals surface area contributed by atoms with Gasteiger partial charge in [-0.05, 0) is 31.4 Å². The van der Waals surface area contributed by atoms with Gasteiger partial charge < -0.3 is 15.2 Å². The van der Waals surface area contributed by atoms with Gasteiger partial charge >= 0.3 is 5.97 Å². The van der Waals surface area contributed by atoms with E-state index in [9.17, 15) is 19.1 Å². The number of aliphatic carboxylic acids is 1. The maximum atomic E-state index is 13.7. The van der Waals surface area contributed by atoms with Gasteiger partial charge in [-0.25, -0.2) is 4.39 Å². The molecule has 1 aliphatic carbocycles. The molecule has 1 aromatic rings. The first-order valence-corrected chi connectivity index (χ1v) is 8.47. The molecule has 0 heterocycles. The molecule has 1 amide bonds. The van der Waals surface area contributed by atoms with Crippen LogP contribution >= 0.6 is 0 Å². The molecule has 0 radical (unpaired) electrons. The van der Waals surface area contributed by atoms with E-state index in [4.69, 9.17) is 4.74 Å². The third-order valence-electron chi connectivity index (χ3n) is 4.43. The minimum absolute atomic E-state index is 0.0233. The van der Waals surface area contributed by atoms with E-state index in [1.165, 1.54) is 12.1 Å². The number of amides is 1. The topological polar surface area (TPSA) is 75.6 Å². The monoisotopic (exact) mass is 337 g/mol. The molecule has 1 aliphatic rings. The molecule has 0 saturated heterocycles. The summed E-state index contributed by atoms with van der Waals surface area (Å²) in [7, 11) is 0. The fourth-order valence-electron chi connectivity index (χ4n) is 3.07. The van der Waals surface area contributed by atoms with E-state index in [0.717, 1.165) is 19.3 Å². The Bertz CT molecular complexity index is 578. The molecule has 0 spiro atoms. The van der Waals surface area contributed by atoms with Crippen molar-refractivity contribution in [1.29, 1.82) is 0 Å². The lowest BCUT2D eigenvalue weighted by Gasteiger charge is -2.25. The third-order valence-corrected chi connectivity index (χ3v) is 4.43. The van der Waals surface area contributed by atoms with Crippen LogP contribution in [0.2, 0.25) is 0 Å². The molecule has 1 saturated carbocycles. The molecule has 132 valence electrons. The molecule has 6 heteroatoms. The van der Waals surface area contributed by atoms with Crippen LogP contribution in [-0.2, 0) is 9.59 Å². The van der Waals surface area contributed by atoms with E-state index in [1.54, 1.807) is 19.1 Å². The van der Waals surface area contributed by atoms with Crippen molar-refractivity contribution >= 4 is 11.9 Å². The van der Waals surface area contributed by atoms with Gasteiger partial charge in [-0.15, -0.1) is 0 Å². The maximum absolute atomic E-state index is 13.7. The van der Waals surface area contributed by atoms with Crippen LogP contribution in [0.5, 0.6) is 5.75 Å². The lowest BCUT2D eigenvalue weighted by atomic mass is 9.94. The molecular formula is C18H24FNO4. The fraction of sp³-hybridized carbons (Fsp3) is 0.556. The fourth-order valence-corrected chi connectivity index (χ4v) is 3.07. The first-order valence-electron chi connectivity index (χ1n) is 8.47. The molecule has 2 N–H and O–H groups in total. The van der Waals surface area contributed by atoms with Crippen molar-refractivity contribution in [3.05, 3.63) is 30.1 Å². The summed E-state index contributed by atoms with van der Waals surface area (Å²) in [6.45, 7) is 1.77. The molecule has 3 atom stereocenters. The maximum Gasteiger partial charge on any atom is 0.308 e. The first-order chi connectivity index (χ1) is 11.5. The molecule has 0 bridgehead atoms. The zero-order valence-corrected chi connectivity index (χ0v) is 13.8. The van der Waals surface area contributed by atoms with Gasteiger partial charge in [-0.1, -0.05) is 38.3 Å². The Hall–Kier alpha value is -2.11. The number of hydrogen-bond donors (Lipinski definition) is 2. The average molecular weight is 337 g/mol. The molecule has 2 rings (SSSR count). The summed E-state index contributed by atoms with van der Waals surface area (Å²) >= 11 is 0. The van der Waals surface area contributed by atoms with Crippen LogP contribution in [0.25, 0.3) is 0 Å². The standard InChI is InChI=1S/C18H24FNO4/c1-2-15(24-16-11-7-6-9-13(16)19)17(21)20-14-10-5-3-4-8-12(14)18(22)23/h6-7,9,11-12,14-15H,2-5,8,10H2,1H3,(H,20,21)(H,22,23)/t12-,14+,15?/m1/s1. The molecular weight excluding hydrogens is 313 g/mol. The Morgan fingerprint density at radius 1 is 1.29 bits per heavy atom. The van der Waals surface area contributed by atoms with E-state index >= 15 is 0 Å². The summed E-state index contributed by atoms with van der Waals surface area (Å²) in [5.41, 5.74) is 0. The van der Waals surface area contributed by atoms with Gasteiger partial charge in [0.1, 0.15) is 0 Å². The summed E-state index contributed by atoms with van der Waals surface area (Å²) in [6.07, 6.45) is 3.43. The SMILES string of the molecule is CCC(Oc1ccccc1F)C(=O)N[C@H]1CCCCC[C@H]1C(=O)O. The number of rotatable bonds is 6. The van der Waals surface area contributed by atoms with E-state index in [0.29, 0.717) is 19.3 Å². The first kappa shape index (κ1) is 18.2. The Balaban J connectivity index is 2.04. The number of carboxylic acids is 1. The number of ether oxygens (including phenoxy) is 1. The number of hydrogen-bond acceptors (Lipinski definition) is 3. The van der Waals surface area contributed by atoms with E-state index in [1.807, 2.05) is 0 Å². The van der Waals surface area contributed by atoms with Gasteiger partial charge in [0.25, 0.3) is 5.91 Å². The van der Waals surface area contributed by atoms with Crippen LogP contribution in [0.4, 0.5) is 4.39 Å². The second-order valence-electron chi connectivity index (χ2n) is 6.14. The minimum atomic E-state index is -0.884. The largest absolute Gasteiger partial charge is 0.481 e. The number of carbonyl (C=O) groups is 2. The molecule has 1 fully saturated rings. The summed E-state index contributed by atoms with van der Waals surface area (Å²) < 4.78 is 19.2. The summed E-state index contributed by atoms with van der Waals surface area (Å²) in [4.78, 5) is 23.9. The second-order valence-corrected chi connectivity index (χ2v) is 6.14. The predicted molar refractivity (Wildman–Crippen MR) is 87.2 cm³/mol. The zero-order valence-electron chi connectivity index (χ0n) is 13.8. The van der Waals surface area contributed by atoms with Crippen molar-refractivity contribution in [3.8, 4) is 5.75 Å². The quantitative estimate of drug-likeness (QED) is 0.782. The van der Waals surface area contributed by atoms with Gasteiger partial charge in [-0.3, -0.25) is 9.59 Å². The predicted octanol–water partition coefficient (Wildman–Crippen LogP) is 3.13. The van der Waals surface area contributed by atoms with Crippen LogP contribution in [0.1, 0.15) is 45.4 Å². The Morgan fingerprint density at radius 3 is 2.67 bits per heavy atom. The van der Waals surface area contributed by atoms with Crippen LogP contribution in [0, 0.1) is 11.7 Å². The molecule has 0 aromatic heterocycles. The van der Waals surface area contributed by atoms with Crippen molar-refractivity contribution in [2.45, 2.75) is 57.6 Å². The van der Waals surface area contributed by atoms with Crippen LogP contribution < -0.4 is 10.1 Å². The molecule has 1 unspecified atom stereocenters. The molecule has 24 heavy (non-hydrogen) atoms. The molecule has 0 aliphatic heterocycles. The Morgan fingerprint density at radius 2 is 2.00 bits per heavy atom. The van der Waals surface area contributed by atoms with Crippen LogP contribution in [0.3, 0.4) is 0 Å². The highest BCUT2D eigenvalue weighted by Crippen LogP contribution is 2.24. The number of carboxylic acid groups (broad SMARTS) is 1. The van der Waals surface area contributed by atoms with E-state index < -0.39 is 29.9 Å². The summed E-state index contributed by atoms with van der Waals surface area (Å²) in [5.74, 6) is -2.36. The second kappa shape index (κ2) is 8.66. The smallest absolute Gasteiger partial charge is 0.308 e. The van der Waals surface area contributed by atoms with Gasteiger partial charge in [-0.2, -0.15) is 0 Å². The minimum Gasteiger partial charge on any atom is -0.481 e. The number of para-hydroxylation sites is 1. The lowest BCUT2D eigenvalue weighted by molar-refractivity contribution is -0.143. The van der Waals surface area contributed by atoms with Gasteiger partial charge in [0, 0.05) is 6.04 Å². The summed E-state index contributed by atoms with van der Waals surface area (Å²) in [5, 5.41) is 12.2. The Kier molecular flexibility index (Phi) is 6.58. The van der Waals surface area contributed by atoms with Gasteiger partial charge in [0.15, 0.2) is 17.7 Å². The summed E-state index contributed by atoms with van der Waals surface area (Å²) in [6, 6.07) is 5.51. The third kappa shape index (κ3) is 4.69. The van der Waals surface area contributed by atoms with Crippen molar-refractivity contribution in [1.82, 2.24) is 5.32 Å². The average Bonchev–Trinajstić information content (AvgIpc) is 2.79.